The summed E-state index contributed by atoms with van der Waals surface area (Å²) >= 11 is 0. The van der Waals surface area contributed by atoms with Crippen molar-refractivity contribution in [2.24, 2.45) is 0 Å². The highest BCUT2D eigenvalue weighted by atomic mass is 35.5. The maximum absolute atomic E-state index is 5.79. The van der Waals surface area contributed by atoms with E-state index in [0.717, 1.165) is 24.5 Å². The first kappa shape index (κ1) is 16.4. The predicted octanol–water partition coefficient (Wildman–Crippen LogP) is 2.59. The lowest BCUT2D eigenvalue weighted by Gasteiger charge is -2.23. The number of nitrogen functional groups attached to an aromatic ring is 1. The standard InChI is InChI=1S/C12H18N2O.2ClH/c1-15-12-8-10(2-3-11(12)13)9-4-6-14-7-5-9;;/h2-3,8-9,14H,4-7,13H2,1H3;2*1H. The summed E-state index contributed by atoms with van der Waals surface area (Å²) in [4.78, 5) is 0. The molecule has 0 amide bonds. The number of rotatable bonds is 2. The van der Waals surface area contributed by atoms with Gasteiger partial charge in [0, 0.05) is 0 Å². The number of nitrogens with one attached hydrogen (secondary N) is 1. The average Bonchev–Trinajstić information content (AvgIpc) is 2.31. The molecule has 3 nitrogen and oxygen atoms in total. The van der Waals surface area contributed by atoms with E-state index in [1.165, 1.54) is 18.4 Å². The summed E-state index contributed by atoms with van der Waals surface area (Å²) in [5.41, 5.74) is 7.86. The van der Waals surface area contributed by atoms with E-state index in [9.17, 15) is 0 Å². The molecule has 98 valence electrons. The van der Waals surface area contributed by atoms with Gasteiger partial charge in [-0.1, -0.05) is 6.07 Å². The van der Waals surface area contributed by atoms with Crippen LogP contribution in [0.5, 0.6) is 5.75 Å². The normalized spacial score (nSPS) is 15.6. The van der Waals surface area contributed by atoms with Gasteiger partial charge in [-0.15, -0.1) is 24.8 Å². The molecule has 0 saturated carbocycles. The van der Waals surface area contributed by atoms with E-state index in [1.807, 2.05) is 6.07 Å². The third-order valence-electron chi connectivity index (χ3n) is 3.07. The molecule has 0 bridgehead atoms. The minimum Gasteiger partial charge on any atom is -0.495 e. The molecule has 0 spiro atoms. The van der Waals surface area contributed by atoms with E-state index in [0.29, 0.717) is 5.92 Å². The molecule has 0 unspecified atom stereocenters. The van der Waals surface area contributed by atoms with Crippen LogP contribution in [0, 0.1) is 0 Å². The van der Waals surface area contributed by atoms with Gasteiger partial charge in [0.05, 0.1) is 12.8 Å². The van der Waals surface area contributed by atoms with E-state index in [-0.39, 0.29) is 24.8 Å². The summed E-state index contributed by atoms with van der Waals surface area (Å²) in [6.07, 6.45) is 2.40. The molecule has 0 aromatic heterocycles. The molecule has 3 N–H and O–H groups in total. The largest absolute Gasteiger partial charge is 0.495 e. The van der Waals surface area contributed by atoms with Crippen molar-refractivity contribution in [1.29, 1.82) is 0 Å². The van der Waals surface area contributed by atoms with Crippen molar-refractivity contribution in [2.75, 3.05) is 25.9 Å². The summed E-state index contributed by atoms with van der Waals surface area (Å²) in [6, 6.07) is 6.13. The van der Waals surface area contributed by atoms with Gasteiger partial charge in [-0.2, -0.15) is 0 Å². The first-order valence-corrected chi connectivity index (χ1v) is 5.45. The molecule has 17 heavy (non-hydrogen) atoms. The Hall–Kier alpha value is -0.640. The molecule has 2 rings (SSSR count). The van der Waals surface area contributed by atoms with E-state index < -0.39 is 0 Å². The number of hydrogen-bond acceptors (Lipinski definition) is 3. The number of nitrogens with two attached hydrogens (primary N) is 1. The summed E-state index contributed by atoms with van der Waals surface area (Å²) in [6.45, 7) is 2.22. The van der Waals surface area contributed by atoms with Crippen LogP contribution in [-0.4, -0.2) is 20.2 Å². The second-order valence-corrected chi connectivity index (χ2v) is 4.03. The van der Waals surface area contributed by atoms with Crippen molar-refractivity contribution >= 4 is 30.5 Å². The van der Waals surface area contributed by atoms with Crippen LogP contribution in [0.4, 0.5) is 5.69 Å². The minimum absolute atomic E-state index is 0. The second kappa shape index (κ2) is 7.64. The molecule has 1 heterocycles. The van der Waals surface area contributed by atoms with Crippen molar-refractivity contribution in [1.82, 2.24) is 5.32 Å². The lowest BCUT2D eigenvalue weighted by molar-refractivity contribution is 0.413. The number of anilines is 1. The van der Waals surface area contributed by atoms with Crippen LogP contribution in [0.1, 0.15) is 24.3 Å². The zero-order chi connectivity index (χ0) is 10.7. The van der Waals surface area contributed by atoms with Crippen LogP contribution in [-0.2, 0) is 0 Å². The number of ether oxygens (including phenoxy) is 1. The molecular weight excluding hydrogens is 259 g/mol. The number of piperidine rings is 1. The fourth-order valence-electron chi connectivity index (χ4n) is 2.14. The summed E-state index contributed by atoms with van der Waals surface area (Å²) in [5, 5.41) is 3.37. The third-order valence-corrected chi connectivity index (χ3v) is 3.07. The van der Waals surface area contributed by atoms with Crippen LogP contribution in [0.25, 0.3) is 0 Å². The Labute approximate surface area is 115 Å². The Kier molecular flexibility index (Phi) is 7.35. The Morgan fingerprint density at radius 2 is 1.88 bits per heavy atom. The molecule has 1 fully saturated rings. The lowest BCUT2D eigenvalue weighted by Crippen LogP contribution is -2.26. The SMILES string of the molecule is COc1cc(C2CCNCC2)ccc1N.Cl.Cl. The Balaban J connectivity index is 0.00000128. The van der Waals surface area contributed by atoms with Gasteiger partial charge in [-0.25, -0.2) is 0 Å². The van der Waals surface area contributed by atoms with Crippen LogP contribution in [0.2, 0.25) is 0 Å². The smallest absolute Gasteiger partial charge is 0.142 e. The molecule has 5 heteroatoms. The highest BCUT2D eigenvalue weighted by molar-refractivity contribution is 5.85. The number of methoxy groups -OCH3 is 1. The molecule has 1 aliphatic heterocycles. The first-order chi connectivity index (χ1) is 7.31. The topological polar surface area (TPSA) is 47.3 Å². The van der Waals surface area contributed by atoms with Gasteiger partial charge < -0.3 is 15.8 Å². The number of hydrogen-bond donors (Lipinski definition) is 2. The maximum Gasteiger partial charge on any atom is 0.142 e. The van der Waals surface area contributed by atoms with Crippen LogP contribution >= 0.6 is 24.8 Å². The number of halogens is 2. The Morgan fingerprint density at radius 3 is 2.47 bits per heavy atom. The van der Waals surface area contributed by atoms with Gasteiger partial charge in [-0.3, -0.25) is 0 Å². The predicted molar refractivity (Wildman–Crippen MR) is 76.7 cm³/mol. The van der Waals surface area contributed by atoms with E-state index in [2.05, 4.69) is 17.4 Å². The minimum atomic E-state index is 0. The zero-order valence-electron chi connectivity index (χ0n) is 9.94. The van der Waals surface area contributed by atoms with Crippen molar-refractivity contribution in [3.8, 4) is 5.75 Å². The molecular formula is C12H20Cl2N2O. The summed E-state index contributed by atoms with van der Waals surface area (Å²) < 4.78 is 5.24. The van der Waals surface area contributed by atoms with E-state index in [1.54, 1.807) is 7.11 Å². The highest BCUT2D eigenvalue weighted by Crippen LogP contribution is 2.30. The van der Waals surface area contributed by atoms with E-state index >= 15 is 0 Å². The summed E-state index contributed by atoms with van der Waals surface area (Å²) in [7, 11) is 1.66. The lowest BCUT2D eigenvalue weighted by atomic mass is 9.90. The van der Waals surface area contributed by atoms with Gasteiger partial charge in [0.2, 0.25) is 0 Å². The fraction of sp³-hybridized carbons (Fsp3) is 0.500. The molecule has 0 aliphatic carbocycles. The molecule has 1 aromatic carbocycles. The first-order valence-electron chi connectivity index (χ1n) is 5.45. The van der Waals surface area contributed by atoms with Crippen molar-refractivity contribution in [3.63, 3.8) is 0 Å². The molecule has 1 aliphatic rings. The monoisotopic (exact) mass is 278 g/mol. The highest BCUT2D eigenvalue weighted by Gasteiger charge is 2.16. The van der Waals surface area contributed by atoms with Gasteiger partial charge in [0.1, 0.15) is 5.75 Å². The molecule has 0 radical (unpaired) electrons. The Bertz CT molecular complexity index is 341. The van der Waals surface area contributed by atoms with Gasteiger partial charge in [0.25, 0.3) is 0 Å². The quantitative estimate of drug-likeness (QED) is 0.818. The van der Waals surface area contributed by atoms with Crippen molar-refractivity contribution in [2.45, 2.75) is 18.8 Å². The van der Waals surface area contributed by atoms with Crippen LogP contribution in [0.15, 0.2) is 18.2 Å². The number of benzene rings is 1. The molecule has 1 saturated heterocycles. The van der Waals surface area contributed by atoms with Gasteiger partial charge >= 0.3 is 0 Å². The Morgan fingerprint density at radius 1 is 1.24 bits per heavy atom. The zero-order valence-corrected chi connectivity index (χ0v) is 11.6. The van der Waals surface area contributed by atoms with Crippen molar-refractivity contribution in [3.05, 3.63) is 23.8 Å². The summed E-state index contributed by atoms with van der Waals surface area (Å²) in [5.74, 6) is 1.45. The van der Waals surface area contributed by atoms with Gasteiger partial charge in [-0.05, 0) is 49.5 Å². The average molecular weight is 279 g/mol. The fourth-order valence-corrected chi connectivity index (χ4v) is 2.14. The second-order valence-electron chi connectivity index (χ2n) is 4.03. The molecule has 1 aromatic rings. The van der Waals surface area contributed by atoms with Crippen LogP contribution < -0.4 is 15.8 Å². The van der Waals surface area contributed by atoms with Crippen molar-refractivity contribution < 1.29 is 4.74 Å². The van der Waals surface area contributed by atoms with Crippen LogP contribution in [0.3, 0.4) is 0 Å². The third kappa shape index (κ3) is 3.95. The molecule has 0 atom stereocenters. The maximum atomic E-state index is 5.79. The van der Waals surface area contributed by atoms with Gasteiger partial charge in [0.15, 0.2) is 0 Å². The van der Waals surface area contributed by atoms with E-state index in [4.69, 9.17) is 10.5 Å².